The monoisotopic (exact) mass is 422 g/mol. The van der Waals surface area contributed by atoms with Crippen LogP contribution in [0.25, 0.3) is 0 Å². The summed E-state index contributed by atoms with van der Waals surface area (Å²) in [7, 11) is 0. The molecule has 0 fully saturated rings. The Morgan fingerprint density at radius 2 is 0.862 bits per heavy atom. The van der Waals surface area contributed by atoms with E-state index >= 15 is 0 Å². The predicted molar refractivity (Wildman–Crippen MR) is 125 cm³/mol. The molecule has 0 aromatic heterocycles. The molecule has 0 aliphatic carbocycles. The molecular weight excluding hydrogens is 360 g/mol. The van der Waals surface area contributed by atoms with Gasteiger partial charge in [0.2, 0.25) is 11.8 Å². The van der Waals surface area contributed by atoms with E-state index in [0.717, 1.165) is 38.5 Å². The Kier molecular flexibility index (Phi) is 10.1. The maximum absolute atomic E-state index is 12.6. The Morgan fingerprint density at radius 3 is 1.10 bits per heavy atom. The van der Waals surface area contributed by atoms with Crippen LogP contribution in [0.5, 0.6) is 0 Å². The molecular formula is C25H50N2O2. The minimum atomic E-state index is -0.344. The van der Waals surface area contributed by atoms with Gasteiger partial charge in [-0.25, -0.2) is 0 Å². The molecule has 2 amide bonds. The zero-order valence-electron chi connectivity index (χ0n) is 24.7. The highest BCUT2D eigenvalue weighted by Crippen LogP contribution is 2.35. The lowest BCUT2D eigenvalue weighted by molar-refractivity contribution is -0.130. The van der Waals surface area contributed by atoms with Crippen LogP contribution in [0.4, 0.5) is 0 Å². The summed E-state index contributed by atoms with van der Waals surface area (Å²) in [5.74, 6) is -0.688. The van der Waals surface area contributed by atoms with E-state index in [9.17, 15) is 9.59 Å². The van der Waals surface area contributed by atoms with E-state index in [-0.39, 0.29) is 29.1 Å². The Balaban J connectivity index is 5.04. The number of amides is 2. The molecule has 0 spiro atoms. The van der Waals surface area contributed by atoms with Crippen molar-refractivity contribution in [3.8, 4) is 0 Å². The first-order chi connectivity index (χ1) is 16.9. The maximum Gasteiger partial charge on any atom is 0.229 e. The van der Waals surface area contributed by atoms with Gasteiger partial charge in [0.15, 0.2) is 0 Å². The van der Waals surface area contributed by atoms with E-state index in [2.05, 4.69) is 10.6 Å². The largest absolute Gasteiger partial charge is 0.355 e. The average Bonchev–Trinajstić information content (AvgIpc) is 2.87. The van der Waals surface area contributed by atoms with Crippen LogP contribution in [0, 0.1) is 10.8 Å². The van der Waals surface area contributed by atoms with Crippen LogP contribution in [0.1, 0.15) is 133 Å². The Morgan fingerprint density at radius 1 is 0.586 bits per heavy atom. The van der Waals surface area contributed by atoms with E-state index in [1.165, 1.54) is 0 Å². The van der Waals surface area contributed by atoms with Crippen LogP contribution in [-0.4, -0.2) is 24.9 Å². The van der Waals surface area contributed by atoms with Gasteiger partial charge in [0, 0.05) is 21.3 Å². The molecule has 4 nitrogen and oxygen atoms in total. The Bertz CT molecular complexity index is 465. The second-order valence-corrected chi connectivity index (χ2v) is 8.35. The minimum Gasteiger partial charge on any atom is -0.355 e. The number of hydrogen-bond donors (Lipinski definition) is 2. The Labute approximate surface area is 189 Å². The van der Waals surface area contributed by atoms with E-state index in [0.29, 0.717) is 93.0 Å². The first-order valence-corrected chi connectivity index (χ1v) is 11.2. The van der Waals surface area contributed by atoms with Crippen LogP contribution in [0.3, 0.4) is 0 Å². The third kappa shape index (κ3) is 11.1. The normalized spacial score (nSPS) is 14.8. The van der Waals surface area contributed by atoms with Gasteiger partial charge in [-0.2, -0.15) is 0 Å². The van der Waals surface area contributed by atoms with E-state index in [1.807, 2.05) is 0 Å². The maximum atomic E-state index is 12.6. The SMILES string of the molecule is [3H]CCCC(CCC[3H])(CCC[3H])CNC(=O)CC(=O)NCC(CCC[3H])(CCC[3H])CCC[3H]. The number of hydrogen-bond acceptors (Lipinski definition) is 2. The smallest absolute Gasteiger partial charge is 0.229 e. The number of carbonyl (C=O) groups is 2. The van der Waals surface area contributed by atoms with Crippen molar-refractivity contribution >= 4 is 11.8 Å². The van der Waals surface area contributed by atoms with Gasteiger partial charge in [0.25, 0.3) is 0 Å². The molecule has 29 heavy (non-hydrogen) atoms. The summed E-state index contributed by atoms with van der Waals surface area (Å²) in [5.41, 5.74) is -0.458. The standard InChI is InChI=1S/C25H50N2O2/c1-7-13-24(14-8-2,15-9-3)20-26-22(28)19-23(29)27-21-25(16-10-4,17-11-5)18-12-6/h7-21H2,1-6H3,(H,26,28)(H,27,29)/i1T,2T,3T,4T,5T,6T. The zero-order chi connectivity index (χ0) is 26.4. The number of nitrogens with one attached hydrogen (secondary N) is 2. The molecule has 0 atom stereocenters. The fourth-order valence-corrected chi connectivity index (χ4v) is 4.37. The third-order valence-electron chi connectivity index (χ3n) is 5.88. The van der Waals surface area contributed by atoms with Gasteiger partial charge in [-0.05, 0) is 49.4 Å². The summed E-state index contributed by atoms with van der Waals surface area (Å²) >= 11 is 0. The fraction of sp³-hybridized carbons (Fsp3) is 0.920. The second kappa shape index (κ2) is 15.7. The lowest BCUT2D eigenvalue weighted by Crippen LogP contribution is -2.42. The molecule has 0 saturated carbocycles. The topological polar surface area (TPSA) is 58.2 Å². The molecule has 172 valence electrons. The van der Waals surface area contributed by atoms with Crippen molar-refractivity contribution in [3.05, 3.63) is 0 Å². The van der Waals surface area contributed by atoms with Crippen molar-refractivity contribution in [3.63, 3.8) is 0 Å². The first-order valence-electron chi connectivity index (χ1n) is 15.4. The van der Waals surface area contributed by atoms with Gasteiger partial charge in [-0.15, -0.1) is 0 Å². The van der Waals surface area contributed by atoms with E-state index in [1.54, 1.807) is 0 Å². The predicted octanol–water partition coefficient (Wildman–Crippen LogP) is 6.38. The number of carbonyl (C=O) groups excluding carboxylic acids is 2. The van der Waals surface area contributed by atoms with Crippen LogP contribution >= 0.6 is 0 Å². The van der Waals surface area contributed by atoms with Crippen molar-refractivity contribution in [2.24, 2.45) is 10.8 Å². The molecule has 0 saturated heterocycles. The van der Waals surface area contributed by atoms with Crippen LogP contribution < -0.4 is 10.6 Å². The zero-order valence-corrected chi connectivity index (χ0v) is 18.7. The van der Waals surface area contributed by atoms with Gasteiger partial charge >= 0.3 is 0 Å². The lowest BCUT2D eigenvalue weighted by atomic mass is 9.75. The molecule has 0 aromatic rings. The summed E-state index contributed by atoms with van der Waals surface area (Å²) in [4.78, 5) is 25.2. The molecule has 2 N–H and O–H groups in total. The highest BCUT2D eigenvalue weighted by molar-refractivity contribution is 5.96. The van der Waals surface area contributed by atoms with Crippen molar-refractivity contribution in [1.29, 1.82) is 0 Å². The van der Waals surface area contributed by atoms with Crippen molar-refractivity contribution in [2.45, 2.75) is 125 Å². The van der Waals surface area contributed by atoms with Crippen LogP contribution in [-0.2, 0) is 9.59 Å². The van der Waals surface area contributed by atoms with Crippen molar-refractivity contribution in [2.75, 3.05) is 13.1 Å². The highest BCUT2D eigenvalue weighted by Gasteiger charge is 2.29. The molecule has 0 bridgehead atoms. The molecule has 0 aliphatic heterocycles. The van der Waals surface area contributed by atoms with Gasteiger partial charge in [-0.1, -0.05) is 79.9 Å². The summed E-state index contributed by atoms with van der Waals surface area (Å²) in [5, 5.41) is 5.85. The fourth-order valence-electron chi connectivity index (χ4n) is 4.37. The summed E-state index contributed by atoms with van der Waals surface area (Å²) in [6.07, 6.45) is 8.63. The quantitative estimate of drug-likeness (QED) is 0.252. The minimum absolute atomic E-state index is 0.229. The first kappa shape index (κ1) is 18.7. The van der Waals surface area contributed by atoms with Crippen molar-refractivity contribution in [1.82, 2.24) is 10.6 Å². The summed E-state index contributed by atoms with van der Waals surface area (Å²) < 4.78 is 45.1. The molecule has 0 unspecified atom stereocenters. The molecule has 0 aliphatic rings. The molecule has 0 aromatic carbocycles. The summed E-state index contributed by atoms with van der Waals surface area (Å²) in [6.45, 7) is 2.65. The van der Waals surface area contributed by atoms with Crippen LogP contribution in [0.15, 0.2) is 0 Å². The summed E-state index contributed by atoms with van der Waals surface area (Å²) in [6, 6.07) is 0. The average molecular weight is 423 g/mol. The van der Waals surface area contributed by atoms with Gasteiger partial charge in [-0.3, -0.25) is 9.59 Å². The third-order valence-corrected chi connectivity index (χ3v) is 5.88. The Hall–Kier alpha value is -1.06. The number of rotatable bonds is 18. The van der Waals surface area contributed by atoms with Crippen molar-refractivity contribution < 1.29 is 17.8 Å². The van der Waals surface area contributed by atoms with Gasteiger partial charge < -0.3 is 10.6 Å². The molecule has 0 heterocycles. The molecule has 0 radical (unpaired) electrons. The van der Waals surface area contributed by atoms with Gasteiger partial charge in [0.1, 0.15) is 6.42 Å². The highest BCUT2D eigenvalue weighted by atomic mass is 16.2. The van der Waals surface area contributed by atoms with E-state index < -0.39 is 0 Å². The molecule has 0 rings (SSSR count). The van der Waals surface area contributed by atoms with Gasteiger partial charge in [0.05, 0.1) is 0 Å². The second-order valence-electron chi connectivity index (χ2n) is 8.35. The van der Waals surface area contributed by atoms with Crippen LogP contribution in [0.2, 0.25) is 0 Å². The van der Waals surface area contributed by atoms with E-state index in [4.69, 9.17) is 8.22 Å². The lowest BCUT2D eigenvalue weighted by Gasteiger charge is -2.34. The molecule has 4 heteroatoms.